The van der Waals surface area contributed by atoms with Gasteiger partial charge in [-0.1, -0.05) is 43.6 Å². The van der Waals surface area contributed by atoms with Crippen molar-refractivity contribution in [2.75, 3.05) is 13.6 Å². The molecule has 2 nitrogen and oxygen atoms in total. The first-order valence-corrected chi connectivity index (χ1v) is 9.32. The summed E-state index contributed by atoms with van der Waals surface area (Å²) in [7, 11) is 2.03. The molecule has 0 heterocycles. The van der Waals surface area contributed by atoms with E-state index in [1.807, 2.05) is 13.4 Å². The molecule has 0 saturated carbocycles. The fraction of sp³-hybridized carbons (Fsp3) is 0.409. The van der Waals surface area contributed by atoms with Crippen molar-refractivity contribution < 1.29 is 0 Å². The lowest BCUT2D eigenvalue weighted by Crippen LogP contribution is -2.14. The quantitative estimate of drug-likeness (QED) is 0.439. The van der Waals surface area contributed by atoms with E-state index in [9.17, 15) is 0 Å². The normalized spacial score (nSPS) is 11.5. The van der Waals surface area contributed by atoms with Gasteiger partial charge in [0.2, 0.25) is 0 Å². The van der Waals surface area contributed by atoms with Gasteiger partial charge in [0.1, 0.15) is 0 Å². The number of benzene rings is 2. The van der Waals surface area contributed by atoms with Crippen molar-refractivity contribution in [2.45, 2.75) is 47.0 Å². The Morgan fingerprint density at radius 3 is 2.44 bits per heavy atom. The van der Waals surface area contributed by atoms with Crippen LogP contribution in [0.4, 0.5) is 5.69 Å². The number of hydrogen-bond acceptors (Lipinski definition) is 1. The van der Waals surface area contributed by atoms with Crippen molar-refractivity contribution in [3.05, 3.63) is 63.2 Å². The summed E-state index contributed by atoms with van der Waals surface area (Å²) in [5, 5.41) is 0.866. The summed E-state index contributed by atoms with van der Waals surface area (Å²) in [5.41, 5.74) is 7.29. The van der Waals surface area contributed by atoms with E-state index in [-0.39, 0.29) is 0 Å². The van der Waals surface area contributed by atoms with Gasteiger partial charge in [-0.2, -0.15) is 0 Å². The van der Waals surface area contributed by atoms with Crippen LogP contribution in [-0.2, 0) is 6.42 Å². The van der Waals surface area contributed by atoms with Crippen LogP contribution in [0.2, 0.25) is 5.02 Å². The number of hydrogen-bond donors (Lipinski definition) is 0. The fourth-order valence-electron chi connectivity index (χ4n) is 2.80. The van der Waals surface area contributed by atoms with Gasteiger partial charge in [0.05, 0.1) is 12.0 Å². The fourth-order valence-corrected chi connectivity index (χ4v) is 3.22. The molecule has 0 aliphatic heterocycles. The molecule has 0 atom stereocenters. The van der Waals surface area contributed by atoms with Gasteiger partial charge in [-0.25, -0.2) is 4.99 Å². The van der Waals surface area contributed by atoms with Gasteiger partial charge in [-0.05, 0) is 73.1 Å². The molecule has 0 amide bonds. The van der Waals surface area contributed by atoms with Crippen LogP contribution in [0.1, 0.15) is 54.5 Å². The predicted molar refractivity (Wildman–Crippen MR) is 111 cm³/mol. The molecule has 0 unspecified atom stereocenters. The third-order valence-electron chi connectivity index (χ3n) is 4.63. The third kappa shape index (κ3) is 5.09. The Kier molecular flexibility index (Phi) is 6.66. The highest BCUT2D eigenvalue weighted by Gasteiger charge is 2.09. The van der Waals surface area contributed by atoms with Crippen molar-refractivity contribution in [3.8, 4) is 0 Å². The standard InChI is InChI=1S/C22H29ClN2/c1-7-25(6)14-24-22-11-16(4)19(10-17(22)5)12-18-8-9-20(15(2)3)21(23)13-18/h8-11,13-15H,7,12H2,1-6H3. The van der Waals surface area contributed by atoms with Gasteiger partial charge in [0.15, 0.2) is 0 Å². The number of halogens is 1. The summed E-state index contributed by atoms with van der Waals surface area (Å²) >= 11 is 6.45. The van der Waals surface area contributed by atoms with Gasteiger partial charge in [-0.15, -0.1) is 0 Å². The molecule has 2 rings (SSSR count). The summed E-state index contributed by atoms with van der Waals surface area (Å²) in [6, 6.07) is 10.9. The van der Waals surface area contributed by atoms with Gasteiger partial charge < -0.3 is 4.90 Å². The average molecular weight is 357 g/mol. The zero-order valence-electron chi connectivity index (χ0n) is 16.2. The van der Waals surface area contributed by atoms with E-state index in [1.165, 1.54) is 27.8 Å². The first-order chi connectivity index (χ1) is 11.8. The molecule has 0 aliphatic rings. The third-order valence-corrected chi connectivity index (χ3v) is 4.96. The second kappa shape index (κ2) is 8.53. The van der Waals surface area contributed by atoms with E-state index in [1.54, 1.807) is 0 Å². The number of nitrogens with zero attached hydrogens (tertiary/aromatic N) is 2. The lowest BCUT2D eigenvalue weighted by atomic mass is 9.95. The molecule has 2 aromatic carbocycles. The molecule has 3 heteroatoms. The van der Waals surface area contributed by atoms with E-state index in [0.29, 0.717) is 5.92 Å². The summed E-state index contributed by atoms with van der Waals surface area (Å²) < 4.78 is 0. The summed E-state index contributed by atoms with van der Waals surface area (Å²) in [6.45, 7) is 11.7. The van der Waals surface area contributed by atoms with Crippen molar-refractivity contribution in [1.29, 1.82) is 0 Å². The molecule has 0 aromatic heterocycles. The van der Waals surface area contributed by atoms with Crippen LogP contribution in [-0.4, -0.2) is 24.8 Å². The maximum atomic E-state index is 6.45. The minimum absolute atomic E-state index is 0.448. The Hall–Kier alpha value is -1.80. The molecule has 0 saturated heterocycles. The second-order valence-corrected chi connectivity index (χ2v) is 7.48. The van der Waals surface area contributed by atoms with Crippen LogP contribution in [0.25, 0.3) is 0 Å². The minimum atomic E-state index is 0.448. The van der Waals surface area contributed by atoms with E-state index in [0.717, 1.165) is 23.7 Å². The van der Waals surface area contributed by atoms with Gasteiger partial charge in [0.25, 0.3) is 0 Å². The van der Waals surface area contributed by atoms with E-state index in [4.69, 9.17) is 11.6 Å². The molecule has 0 aliphatic carbocycles. The summed E-state index contributed by atoms with van der Waals surface area (Å²) in [4.78, 5) is 6.68. The highest BCUT2D eigenvalue weighted by Crippen LogP contribution is 2.28. The van der Waals surface area contributed by atoms with Gasteiger partial charge in [-0.3, -0.25) is 0 Å². The summed E-state index contributed by atoms with van der Waals surface area (Å²) in [6.07, 6.45) is 2.79. The lowest BCUT2D eigenvalue weighted by Gasteiger charge is -2.13. The maximum absolute atomic E-state index is 6.45. The Morgan fingerprint density at radius 1 is 1.12 bits per heavy atom. The Balaban J connectivity index is 2.25. The Labute approximate surface area is 157 Å². The van der Waals surface area contributed by atoms with Crippen LogP contribution < -0.4 is 0 Å². The van der Waals surface area contributed by atoms with Crippen molar-refractivity contribution >= 4 is 23.6 Å². The van der Waals surface area contributed by atoms with Crippen LogP contribution in [0.5, 0.6) is 0 Å². The zero-order chi connectivity index (χ0) is 18.6. The van der Waals surface area contributed by atoms with Crippen molar-refractivity contribution in [2.24, 2.45) is 4.99 Å². The Morgan fingerprint density at radius 2 is 1.84 bits per heavy atom. The second-order valence-electron chi connectivity index (χ2n) is 7.07. The van der Waals surface area contributed by atoms with Crippen LogP contribution >= 0.6 is 11.6 Å². The molecule has 2 aromatic rings. The van der Waals surface area contributed by atoms with E-state index >= 15 is 0 Å². The highest BCUT2D eigenvalue weighted by atomic mass is 35.5. The molecule has 0 N–H and O–H groups in total. The molecule has 0 radical (unpaired) electrons. The first kappa shape index (κ1) is 19.5. The van der Waals surface area contributed by atoms with E-state index in [2.05, 4.69) is 74.8 Å². The van der Waals surface area contributed by atoms with Crippen LogP contribution in [0.3, 0.4) is 0 Å². The number of rotatable bonds is 6. The number of aryl methyl sites for hydroxylation is 2. The maximum Gasteiger partial charge on any atom is 0.0909 e. The SMILES string of the molecule is CCN(C)C=Nc1cc(C)c(Cc2ccc(C(C)C)c(Cl)c2)cc1C. The molecule has 0 bridgehead atoms. The van der Waals surface area contributed by atoms with E-state index < -0.39 is 0 Å². The van der Waals surface area contributed by atoms with Gasteiger partial charge in [0, 0.05) is 18.6 Å². The van der Waals surface area contributed by atoms with Crippen molar-refractivity contribution in [1.82, 2.24) is 4.90 Å². The monoisotopic (exact) mass is 356 g/mol. The largest absolute Gasteiger partial charge is 0.366 e. The molecular weight excluding hydrogens is 328 g/mol. The molecule has 0 fully saturated rings. The first-order valence-electron chi connectivity index (χ1n) is 8.94. The lowest BCUT2D eigenvalue weighted by molar-refractivity contribution is 0.552. The average Bonchev–Trinajstić information content (AvgIpc) is 2.56. The predicted octanol–water partition coefficient (Wildman–Crippen LogP) is 6.28. The highest BCUT2D eigenvalue weighted by molar-refractivity contribution is 6.31. The zero-order valence-corrected chi connectivity index (χ0v) is 17.0. The molecule has 25 heavy (non-hydrogen) atoms. The smallest absolute Gasteiger partial charge is 0.0909 e. The topological polar surface area (TPSA) is 15.6 Å². The minimum Gasteiger partial charge on any atom is -0.366 e. The van der Waals surface area contributed by atoms with Crippen LogP contribution in [0, 0.1) is 13.8 Å². The van der Waals surface area contributed by atoms with Crippen LogP contribution in [0.15, 0.2) is 35.3 Å². The molecule has 0 spiro atoms. The van der Waals surface area contributed by atoms with Crippen molar-refractivity contribution in [3.63, 3.8) is 0 Å². The summed E-state index contributed by atoms with van der Waals surface area (Å²) in [5.74, 6) is 0.448. The Bertz CT molecular complexity index is 763. The van der Waals surface area contributed by atoms with Gasteiger partial charge >= 0.3 is 0 Å². The number of aliphatic imine (C=N–C) groups is 1. The molecular formula is C22H29ClN2. The molecule has 134 valence electrons.